The summed E-state index contributed by atoms with van der Waals surface area (Å²) < 4.78 is 15.4. The van der Waals surface area contributed by atoms with E-state index in [0.29, 0.717) is 51.7 Å². The Morgan fingerprint density at radius 3 is 1.28 bits per heavy atom. The van der Waals surface area contributed by atoms with Crippen molar-refractivity contribution in [3.8, 4) is 0 Å². The Morgan fingerprint density at radius 2 is 1.00 bits per heavy atom. The van der Waals surface area contributed by atoms with Crippen LogP contribution < -0.4 is 0 Å². The third kappa shape index (κ3) is 8.96. The lowest BCUT2D eigenvalue weighted by molar-refractivity contribution is -0.162. The summed E-state index contributed by atoms with van der Waals surface area (Å²) in [6.07, 6.45) is 3.08. The van der Waals surface area contributed by atoms with E-state index in [0.717, 1.165) is 0 Å². The second-order valence-electron chi connectivity index (χ2n) is 7.16. The first kappa shape index (κ1) is 27.7. The number of hydrogen-bond donors (Lipinski definition) is 4. The van der Waals surface area contributed by atoms with Crippen LogP contribution >= 0.6 is 0 Å². The van der Waals surface area contributed by atoms with Crippen LogP contribution in [0.2, 0.25) is 0 Å². The van der Waals surface area contributed by atoms with E-state index in [1.54, 1.807) is 13.8 Å². The van der Waals surface area contributed by atoms with Crippen molar-refractivity contribution in [2.45, 2.75) is 52.4 Å². The molecular weight excluding hydrogens is 384 g/mol. The Morgan fingerprint density at radius 1 is 0.655 bits per heavy atom. The molecule has 29 heavy (non-hydrogen) atoms. The van der Waals surface area contributed by atoms with Crippen LogP contribution in [0.1, 0.15) is 52.4 Å². The zero-order chi connectivity index (χ0) is 22.2. The third-order valence-electron chi connectivity index (χ3n) is 5.02. The SMILES string of the molecule is CCOC(=O)C(CO)(CO)CCCCOCCCCC(CO)(CO)C(=O)OCC. The van der Waals surface area contributed by atoms with Crippen molar-refractivity contribution in [3.05, 3.63) is 0 Å². The van der Waals surface area contributed by atoms with Gasteiger partial charge >= 0.3 is 11.9 Å². The third-order valence-corrected chi connectivity index (χ3v) is 5.02. The van der Waals surface area contributed by atoms with Gasteiger partial charge in [-0.2, -0.15) is 0 Å². The molecule has 0 aromatic heterocycles. The molecule has 0 atom stereocenters. The minimum absolute atomic E-state index is 0.188. The summed E-state index contributed by atoms with van der Waals surface area (Å²) in [6.45, 7) is 2.75. The first-order valence-electron chi connectivity index (χ1n) is 10.3. The van der Waals surface area contributed by atoms with Gasteiger partial charge in [-0.3, -0.25) is 9.59 Å². The maximum absolute atomic E-state index is 11.9. The highest BCUT2D eigenvalue weighted by Gasteiger charge is 2.39. The average molecular weight is 423 g/mol. The van der Waals surface area contributed by atoms with Gasteiger partial charge in [0.25, 0.3) is 0 Å². The fraction of sp³-hybridized carbons (Fsp3) is 0.900. The van der Waals surface area contributed by atoms with Crippen molar-refractivity contribution in [1.82, 2.24) is 0 Å². The summed E-state index contributed by atoms with van der Waals surface area (Å²) in [4.78, 5) is 23.9. The molecule has 0 aromatic rings. The van der Waals surface area contributed by atoms with Gasteiger partial charge in [0.2, 0.25) is 0 Å². The van der Waals surface area contributed by atoms with E-state index in [1.165, 1.54) is 0 Å². The highest BCUT2D eigenvalue weighted by atomic mass is 16.5. The molecule has 0 fully saturated rings. The molecule has 172 valence electrons. The number of carbonyl (C=O) groups excluding carboxylic acids is 2. The standard InChI is InChI=1S/C20H38O9/c1-3-28-17(25)19(13-21,14-22)9-5-7-11-27-12-8-6-10-20(15-23,16-24)18(26)29-4-2/h21-24H,3-16H2,1-2H3. The van der Waals surface area contributed by atoms with E-state index >= 15 is 0 Å². The van der Waals surface area contributed by atoms with Crippen molar-refractivity contribution >= 4 is 11.9 Å². The molecule has 0 aliphatic carbocycles. The molecule has 4 N–H and O–H groups in total. The number of ether oxygens (including phenoxy) is 3. The lowest BCUT2D eigenvalue weighted by Crippen LogP contribution is -2.40. The van der Waals surface area contributed by atoms with Crippen molar-refractivity contribution in [2.75, 3.05) is 52.9 Å². The molecule has 0 aromatic carbocycles. The van der Waals surface area contributed by atoms with E-state index in [1.807, 2.05) is 0 Å². The molecule has 0 radical (unpaired) electrons. The summed E-state index contributed by atoms with van der Waals surface area (Å²) >= 11 is 0. The summed E-state index contributed by atoms with van der Waals surface area (Å²) in [5.74, 6) is -1.19. The van der Waals surface area contributed by atoms with Crippen molar-refractivity contribution in [2.24, 2.45) is 10.8 Å². The van der Waals surface area contributed by atoms with E-state index < -0.39 is 49.2 Å². The molecule has 0 saturated carbocycles. The number of carbonyl (C=O) groups is 2. The van der Waals surface area contributed by atoms with Gasteiger partial charge < -0.3 is 34.6 Å². The van der Waals surface area contributed by atoms with Crippen LogP contribution in [0.25, 0.3) is 0 Å². The predicted molar refractivity (Wildman–Crippen MR) is 105 cm³/mol. The van der Waals surface area contributed by atoms with Crippen LogP contribution in [-0.2, 0) is 23.8 Å². The quantitative estimate of drug-likeness (QED) is 0.182. The Kier molecular flexibility index (Phi) is 14.9. The molecule has 0 spiro atoms. The van der Waals surface area contributed by atoms with Crippen LogP contribution in [0.3, 0.4) is 0 Å². The van der Waals surface area contributed by atoms with Gasteiger partial charge in [-0.05, 0) is 52.4 Å². The Bertz CT molecular complexity index is 405. The summed E-state index contributed by atoms with van der Waals surface area (Å²) in [6, 6.07) is 0. The zero-order valence-corrected chi connectivity index (χ0v) is 17.7. The van der Waals surface area contributed by atoms with Gasteiger partial charge in [-0.1, -0.05) is 0 Å². The fourth-order valence-electron chi connectivity index (χ4n) is 2.88. The molecule has 0 saturated heterocycles. The van der Waals surface area contributed by atoms with E-state index in [9.17, 15) is 30.0 Å². The normalized spacial score (nSPS) is 12.1. The monoisotopic (exact) mass is 422 g/mol. The number of unbranched alkanes of at least 4 members (excludes halogenated alkanes) is 2. The van der Waals surface area contributed by atoms with Gasteiger partial charge in [0, 0.05) is 13.2 Å². The minimum atomic E-state index is -1.28. The first-order valence-corrected chi connectivity index (χ1v) is 10.3. The van der Waals surface area contributed by atoms with E-state index in [4.69, 9.17) is 14.2 Å². The lowest BCUT2D eigenvalue weighted by atomic mass is 9.84. The second-order valence-corrected chi connectivity index (χ2v) is 7.16. The van der Waals surface area contributed by atoms with Crippen LogP contribution in [0, 0.1) is 10.8 Å². The minimum Gasteiger partial charge on any atom is -0.465 e. The first-order chi connectivity index (χ1) is 13.9. The van der Waals surface area contributed by atoms with Gasteiger partial charge in [0.05, 0.1) is 39.6 Å². The van der Waals surface area contributed by atoms with Crippen molar-refractivity contribution < 1.29 is 44.2 Å². The molecule has 0 unspecified atom stereocenters. The van der Waals surface area contributed by atoms with Crippen LogP contribution in [0.15, 0.2) is 0 Å². The van der Waals surface area contributed by atoms with Crippen molar-refractivity contribution in [3.63, 3.8) is 0 Å². The molecule has 0 rings (SSSR count). The Balaban J connectivity index is 4.10. The number of aliphatic hydroxyl groups is 4. The molecule has 0 amide bonds. The Labute approximate surface area is 173 Å². The van der Waals surface area contributed by atoms with Gasteiger partial charge in [0.1, 0.15) is 10.8 Å². The zero-order valence-electron chi connectivity index (χ0n) is 17.7. The second kappa shape index (κ2) is 15.6. The molecule has 0 aliphatic heterocycles. The average Bonchev–Trinajstić information content (AvgIpc) is 2.73. The lowest BCUT2D eigenvalue weighted by Gasteiger charge is -2.27. The number of hydrogen-bond acceptors (Lipinski definition) is 9. The van der Waals surface area contributed by atoms with Crippen molar-refractivity contribution in [1.29, 1.82) is 0 Å². The topological polar surface area (TPSA) is 143 Å². The van der Waals surface area contributed by atoms with Crippen LogP contribution in [0.5, 0.6) is 0 Å². The van der Waals surface area contributed by atoms with Gasteiger partial charge in [-0.25, -0.2) is 0 Å². The van der Waals surface area contributed by atoms with Crippen LogP contribution in [0.4, 0.5) is 0 Å². The maximum atomic E-state index is 11.9. The molecule has 0 heterocycles. The number of esters is 2. The fourth-order valence-corrected chi connectivity index (χ4v) is 2.88. The Hall–Kier alpha value is -1.26. The predicted octanol–water partition coefficient (Wildman–Crippen LogP) is 0.412. The molecule has 0 bridgehead atoms. The highest BCUT2D eigenvalue weighted by molar-refractivity contribution is 5.77. The largest absolute Gasteiger partial charge is 0.465 e. The van der Waals surface area contributed by atoms with Gasteiger partial charge in [-0.15, -0.1) is 0 Å². The number of rotatable bonds is 18. The molecule has 0 aliphatic rings. The maximum Gasteiger partial charge on any atom is 0.316 e. The molecule has 9 nitrogen and oxygen atoms in total. The summed E-state index contributed by atoms with van der Waals surface area (Å²) in [5, 5.41) is 38.0. The number of aliphatic hydroxyl groups excluding tert-OH is 4. The van der Waals surface area contributed by atoms with Crippen LogP contribution in [-0.4, -0.2) is 85.2 Å². The summed E-state index contributed by atoms with van der Waals surface area (Å²) in [5.41, 5.74) is -2.55. The summed E-state index contributed by atoms with van der Waals surface area (Å²) in [7, 11) is 0. The smallest absolute Gasteiger partial charge is 0.316 e. The van der Waals surface area contributed by atoms with Gasteiger partial charge in [0.15, 0.2) is 0 Å². The molecular formula is C20H38O9. The highest BCUT2D eigenvalue weighted by Crippen LogP contribution is 2.27. The van der Waals surface area contributed by atoms with E-state index in [2.05, 4.69) is 0 Å². The van der Waals surface area contributed by atoms with E-state index in [-0.39, 0.29) is 13.2 Å². The molecule has 9 heteroatoms.